The van der Waals surface area contributed by atoms with Crippen molar-refractivity contribution in [2.24, 2.45) is 16.6 Å². The predicted octanol–water partition coefficient (Wildman–Crippen LogP) is 2.57. The lowest BCUT2D eigenvalue weighted by Crippen LogP contribution is -1.99. The molecule has 2 rings (SSSR count). The molecule has 3 nitrogen and oxygen atoms in total. The molecule has 84 valence electrons. The molecule has 0 radical (unpaired) electrons. The highest BCUT2D eigenvalue weighted by Crippen LogP contribution is 2.43. The summed E-state index contributed by atoms with van der Waals surface area (Å²) in [6.45, 7) is 0. The second kappa shape index (κ2) is 4.84. The predicted molar refractivity (Wildman–Crippen MR) is 65.3 cm³/mol. The molecule has 1 fully saturated rings. The molecule has 16 heavy (non-hydrogen) atoms. The number of hydrogen-bond donors (Lipinski definition) is 2. The number of nitrogens with two attached hydrogens (primary N) is 1. The van der Waals surface area contributed by atoms with Crippen LogP contribution in [0.3, 0.4) is 0 Å². The van der Waals surface area contributed by atoms with Crippen molar-refractivity contribution in [2.75, 3.05) is 0 Å². The Labute approximate surface area is 95.3 Å². The van der Waals surface area contributed by atoms with Crippen LogP contribution in [-0.4, -0.2) is 11.3 Å². The fourth-order valence-corrected chi connectivity index (χ4v) is 1.74. The molecule has 3 N–H and O–H groups in total. The monoisotopic (exact) mass is 216 g/mol. The Morgan fingerprint density at radius 1 is 1.38 bits per heavy atom. The van der Waals surface area contributed by atoms with Gasteiger partial charge in [-0.3, -0.25) is 4.99 Å². The van der Waals surface area contributed by atoms with Crippen LogP contribution in [0.4, 0.5) is 0 Å². The van der Waals surface area contributed by atoms with Crippen molar-refractivity contribution in [3.8, 4) is 0 Å². The zero-order valence-electron chi connectivity index (χ0n) is 9.08. The lowest BCUT2D eigenvalue weighted by atomic mass is 10.0. The van der Waals surface area contributed by atoms with E-state index in [9.17, 15) is 5.11 Å². The van der Waals surface area contributed by atoms with Crippen LogP contribution in [0.2, 0.25) is 0 Å². The normalized spacial score (nSPS) is 18.9. The summed E-state index contributed by atoms with van der Waals surface area (Å²) in [7, 11) is 0. The summed E-state index contributed by atoms with van der Waals surface area (Å²) in [6.07, 6.45) is 5.02. The molecular formula is C13H16N2O. The van der Waals surface area contributed by atoms with E-state index in [1.54, 1.807) is 0 Å². The Kier molecular flexibility index (Phi) is 3.25. The van der Waals surface area contributed by atoms with Crippen LogP contribution in [0, 0.1) is 5.92 Å². The molecule has 1 aromatic rings. The average Bonchev–Trinajstić information content (AvgIpc) is 3.15. The van der Waals surface area contributed by atoms with Crippen molar-refractivity contribution in [2.45, 2.75) is 18.9 Å². The van der Waals surface area contributed by atoms with Crippen molar-refractivity contribution in [1.82, 2.24) is 0 Å². The highest BCUT2D eigenvalue weighted by Gasteiger charge is 2.31. The first kappa shape index (κ1) is 10.7. The number of rotatable bonds is 4. The van der Waals surface area contributed by atoms with Gasteiger partial charge < -0.3 is 10.8 Å². The maximum absolute atomic E-state index is 9.24. The highest BCUT2D eigenvalue weighted by molar-refractivity contribution is 5.75. The van der Waals surface area contributed by atoms with E-state index in [2.05, 4.69) is 17.1 Å². The van der Waals surface area contributed by atoms with Gasteiger partial charge in [0, 0.05) is 6.20 Å². The van der Waals surface area contributed by atoms with Crippen LogP contribution in [-0.2, 0) is 0 Å². The first-order valence-corrected chi connectivity index (χ1v) is 5.50. The van der Waals surface area contributed by atoms with Gasteiger partial charge in [0.2, 0.25) is 0 Å². The third kappa shape index (κ3) is 2.63. The van der Waals surface area contributed by atoms with Gasteiger partial charge >= 0.3 is 0 Å². The summed E-state index contributed by atoms with van der Waals surface area (Å²) in [5, 5.41) is 9.24. The molecule has 0 saturated heterocycles. The summed E-state index contributed by atoms with van der Waals surface area (Å²) in [5.74, 6) is 0.630. The molecule has 0 spiro atoms. The number of aliphatic hydroxyl groups excluding tert-OH is 1. The second-order valence-electron chi connectivity index (χ2n) is 4.06. The molecule has 1 saturated carbocycles. The first-order valence-electron chi connectivity index (χ1n) is 5.50. The summed E-state index contributed by atoms with van der Waals surface area (Å²) in [4.78, 5) is 4.40. The molecule has 1 aliphatic carbocycles. The largest absolute Gasteiger partial charge is 0.505 e. The topological polar surface area (TPSA) is 58.6 Å². The lowest BCUT2D eigenvalue weighted by molar-refractivity contribution is 0.443. The lowest BCUT2D eigenvalue weighted by Gasteiger charge is -2.11. The number of nitrogens with zero attached hydrogens (tertiary/aromatic N) is 1. The van der Waals surface area contributed by atoms with E-state index in [4.69, 9.17) is 5.73 Å². The van der Waals surface area contributed by atoms with Crippen molar-refractivity contribution in [1.29, 1.82) is 0 Å². The molecule has 1 aliphatic rings. The smallest absolute Gasteiger partial charge is 0.148 e. The van der Waals surface area contributed by atoms with Crippen LogP contribution < -0.4 is 5.73 Å². The van der Waals surface area contributed by atoms with E-state index >= 15 is 0 Å². The number of aliphatic imine (C=N–C) groups is 1. The highest BCUT2D eigenvalue weighted by atomic mass is 16.3. The summed E-state index contributed by atoms with van der Waals surface area (Å²) < 4.78 is 0. The molecule has 0 heterocycles. The van der Waals surface area contributed by atoms with Crippen LogP contribution in [0.1, 0.15) is 24.4 Å². The minimum atomic E-state index is 0.0154. The summed E-state index contributed by atoms with van der Waals surface area (Å²) in [6, 6.07) is 10.3. The third-order valence-corrected chi connectivity index (χ3v) is 2.75. The SMILES string of the molecule is NC=C(O)C=NC(c1ccccc1)C1CC1. The number of aliphatic hydroxyl groups is 1. The first-order chi connectivity index (χ1) is 7.81. The molecule has 1 aromatic carbocycles. The van der Waals surface area contributed by atoms with Crippen molar-refractivity contribution in [3.05, 3.63) is 47.9 Å². The van der Waals surface area contributed by atoms with E-state index < -0.39 is 0 Å². The average molecular weight is 216 g/mol. The molecular weight excluding hydrogens is 200 g/mol. The van der Waals surface area contributed by atoms with Gasteiger partial charge in [-0.2, -0.15) is 0 Å². The van der Waals surface area contributed by atoms with Gasteiger partial charge in [-0.15, -0.1) is 0 Å². The molecule has 1 unspecified atom stereocenters. The Balaban J connectivity index is 2.15. The molecule has 0 aromatic heterocycles. The maximum Gasteiger partial charge on any atom is 0.148 e. The Hall–Kier alpha value is -1.77. The fourth-order valence-electron chi connectivity index (χ4n) is 1.74. The van der Waals surface area contributed by atoms with Crippen molar-refractivity contribution in [3.63, 3.8) is 0 Å². The van der Waals surface area contributed by atoms with Crippen molar-refractivity contribution < 1.29 is 5.11 Å². The van der Waals surface area contributed by atoms with Crippen LogP contribution in [0.15, 0.2) is 47.3 Å². The van der Waals surface area contributed by atoms with Gasteiger partial charge in [0.25, 0.3) is 0 Å². The van der Waals surface area contributed by atoms with Crippen LogP contribution in [0.25, 0.3) is 0 Å². The van der Waals surface area contributed by atoms with Crippen molar-refractivity contribution >= 4 is 6.21 Å². The third-order valence-electron chi connectivity index (χ3n) is 2.75. The van der Waals surface area contributed by atoms with Gasteiger partial charge in [0.05, 0.1) is 12.3 Å². The zero-order chi connectivity index (χ0) is 11.4. The van der Waals surface area contributed by atoms with E-state index in [1.165, 1.54) is 24.6 Å². The zero-order valence-corrected chi connectivity index (χ0v) is 9.08. The fraction of sp³-hybridized carbons (Fsp3) is 0.308. The van der Waals surface area contributed by atoms with E-state index in [1.807, 2.05) is 18.2 Å². The minimum Gasteiger partial charge on any atom is -0.505 e. The van der Waals surface area contributed by atoms with E-state index in [0.29, 0.717) is 5.92 Å². The molecule has 0 amide bonds. The summed E-state index contributed by atoms with van der Waals surface area (Å²) in [5.41, 5.74) is 6.39. The van der Waals surface area contributed by atoms with Gasteiger partial charge in [-0.25, -0.2) is 0 Å². The van der Waals surface area contributed by atoms with E-state index in [-0.39, 0.29) is 11.8 Å². The standard InChI is InChI=1S/C13H16N2O/c14-8-12(16)9-15-13(11-6-7-11)10-4-2-1-3-5-10/h1-5,8-9,11,13,16H,6-7,14H2. The quantitative estimate of drug-likeness (QED) is 0.600. The number of allylic oxidation sites excluding steroid dienone is 1. The molecule has 0 bridgehead atoms. The maximum atomic E-state index is 9.24. The molecule has 1 atom stereocenters. The van der Waals surface area contributed by atoms with Gasteiger partial charge in [0.15, 0.2) is 0 Å². The summed E-state index contributed by atoms with van der Waals surface area (Å²) >= 11 is 0. The molecule has 3 heteroatoms. The van der Waals surface area contributed by atoms with Gasteiger partial charge in [-0.1, -0.05) is 30.3 Å². The van der Waals surface area contributed by atoms with Crippen LogP contribution >= 0.6 is 0 Å². The number of hydrogen-bond acceptors (Lipinski definition) is 3. The minimum absolute atomic E-state index is 0.0154. The van der Waals surface area contributed by atoms with Crippen LogP contribution in [0.5, 0.6) is 0 Å². The Morgan fingerprint density at radius 3 is 2.62 bits per heavy atom. The van der Waals surface area contributed by atoms with Gasteiger partial charge in [0.1, 0.15) is 5.76 Å². The van der Waals surface area contributed by atoms with E-state index in [0.717, 1.165) is 6.20 Å². The second-order valence-corrected chi connectivity index (χ2v) is 4.06. The molecule has 0 aliphatic heterocycles. The Bertz CT molecular complexity index is 394. The Morgan fingerprint density at radius 2 is 2.06 bits per heavy atom. The number of benzene rings is 1. The van der Waals surface area contributed by atoms with Gasteiger partial charge in [-0.05, 0) is 24.3 Å².